The molecule has 0 aromatic rings. The van der Waals surface area contributed by atoms with Crippen LogP contribution in [0, 0.1) is 0 Å². The van der Waals surface area contributed by atoms with Crippen LogP contribution in [0.1, 0.15) is 0 Å². The maximum atomic E-state index is 12.2. The summed E-state index contributed by atoms with van der Waals surface area (Å²) in [5, 5.41) is 0. The first-order valence-corrected chi connectivity index (χ1v) is 4.50. The lowest BCUT2D eigenvalue weighted by molar-refractivity contribution is 0.150. The Morgan fingerprint density at radius 2 is 1.50 bits per heavy atom. The first-order chi connectivity index (χ1) is 5.72. The van der Waals surface area contributed by atoms with Crippen LogP contribution in [-0.2, 0) is 21.3 Å². The molecule has 0 unspecified atom stereocenters. The van der Waals surface area contributed by atoms with Crippen LogP contribution in [0.15, 0.2) is 0 Å². The van der Waals surface area contributed by atoms with Gasteiger partial charge in [0.05, 0.1) is 34.1 Å². The molecule has 0 aromatic heterocycles. The molecule has 0 rings (SSSR count). The fraction of sp³-hybridized carbons (Fsp3) is 1.00. The monoisotopic (exact) mass is 202 g/mol. The van der Waals surface area contributed by atoms with Crippen molar-refractivity contribution in [3.8, 4) is 0 Å². The molecule has 0 saturated heterocycles. The minimum Gasteiger partial charge on any atom is -0.383 e. The van der Waals surface area contributed by atoms with Gasteiger partial charge in [0.25, 0.3) is 0 Å². The molecule has 74 valence electrons. The lowest BCUT2D eigenvalue weighted by Gasteiger charge is -2.08. The third-order valence-electron chi connectivity index (χ3n) is 1.28. The zero-order valence-corrected chi connectivity index (χ0v) is 8.07. The molecule has 0 atom stereocenters. The minimum atomic E-state index is -2.68. The van der Waals surface area contributed by atoms with Crippen molar-refractivity contribution in [2.24, 2.45) is 0 Å². The largest absolute Gasteiger partial charge is 0.526 e. The number of ether oxygens (including phenoxy) is 2. The molecule has 3 nitrogen and oxygen atoms in total. The molecule has 6 heteroatoms. The standard InChI is InChI=1S/C6H14F2NO2S/c1-10-5-3-9(12(7)8)4-6-11-2/h3-6H2,1-2H3/q+1. The van der Waals surface area contributed by atoms with Gasteiger partial charge >= 0.3 is 11.9 Å². The lowest BCUT2D eigenvalue weighted by Crippen LogP contribution is -2.31. The molecule has 0 amide bonds. The van der Waals surface area contributed by atoms with Crippen LogP contribution >= 0.6 is 0 Å². The summed E-state index contributed by atoms with van der Waals surface area (Å²) >= 11 is -2.68. The van der Waals surface area contributed by atoms with Crippen LogP contribution in [-0.4, -0.2) is 44.8 Å². The maximum absolute atomic E-state index is 12.2. The van der Waals surface area contributed by atoms with E-state index in [2.05, 4.69) is 0 Å². The summed E-state index contributed by atoms with van der Waals surface area (Å²) in [5.74, 6) is 0. The van der Waals surface area contributed by atoms with Gasteiger partial charge in [-0.25, -0.2) is 0 Å². The van der Waals surface area contributed by atoms with Gasteiger partial charge in [0, 0.05) is 14.2 Å². The molecular weight excluding hydrogens is 188 g/mol. The van der Waals surface area contributed by atoms with E-state index in [-0.39, 0.29) is 13.1 Å². The lowest BCUT2D eigenvalue weighted by atomic mass is 10.6. The van der Waals surface area contributed by atoms with Crippen LogP contribution in [0.5, 0.6) is 0 Å². The van der Waals surface area contributed by atoms with Crippen molar-refractivity contribution >= 4 is 11.9 Å². The first kappa shape index (κ1) is 12.1. The molecule has 0 fully saturated rings. The third kappa shape index (κ3) is 5.70. The molecule has 0 heterocycles. The minimum absolute atomic E-state index is 0.246. The van der Waals surface area contributed by atoms with Crippen molar-refractivity contribution in [1.82, 2.24) is 4.31 Å². The number of rotatable bonds is 7. The Labute approximate surface area is 74.7 Å². The molecule has 0 N–H and O–H groups in total. The molecule has 0 bridgehead atoms. The molecule has 0 aliphatic heterocycles. The van der Waals surface area contributed by atoms with Crippen molar-refractivity contribution in [3.05, 3.63) is 0 Å². The predicted molar refractivity (Wildman–Crippen MR) is 44.9 cm³/mol. The highest BCUT2D eigenvalue weighted by Crippen LogP contribution is 2.07. The Kier molecular flexibility index (Phi) is 7.78. The second-order valence-electron chi connectivity index (χ2n) is 2.11. The van der Waals surface area contributed by atoms with E-state index in [1.165, 1.54) is 14.2 Å². The molecule has 0 radical (unpaired) electrons. The normalized spacial score (nSPS) is 11.5. The van der Waals surface area contributed by atoms with E-state index >= 15 is 0 Å². The average Bonchev–Trinajstić information content (AvgIpc) is 2.04. The zero-order chi connectivity index (χ0) is 9.40. The number of hydrogen-bond donors (Lipinski definition) is 0. The van der Waals surface area contributed by atoms with Gasteiger partial charge in [-0.1, -0.05) is 0 Å². The zero-order valence-electron chi connectivity index (χ0n) is 7.26. The van der Waals surface area contributed by atoms with E-state index in [0.717, 1.165) is 4.31 Å². The van der Waals surface area contributed by atoms with Gasteiger partial charge in [-0.2, -0.15) is 0 Å². The van der Waals surface area contributed by atoms with Gasteiger partial charge < -0.3 is 9.47 Å². The first-order valence-electron chi connectivity index (χ1n) is 3.52. The molecule has 0 saturated carbocycles. The number of nitrogens with zero attached hydrogens (tertiary/aromatic N) is 1. The van der Waals surface area contributed by atoms with Crippen molar-refractivity contribution in [3.63, 3.8) is 0 Å². The summed E-state index contributed by atoms with van der Waals surface area (Å²) in [5.41, 5.74) is 0. The maximum Gasteiger partial charge on any atom is 0.526 e. The third-order valence-corrected chi connectivity index (χ3v) is 2.04. The molecular formula is C6H14F2NO2S+. The van der Waals surface area contributed by atoms with Crippen LogP contribution in [0.3, 0.4) is 0 Å². The second-order valence-corrected chi connectivity index (χ2v) is 3.02. The number of methoxy groups -OCH3 is 2. The van der Waals surface area contributed by atoms with E-state index in [4.69, 9.17) is 9.47 Å². The van der Waals surface area contributed by atoms with Gasteiger partial charge in [-0.3, -0.25) is 0 Å². The number of hydrogen-bond acceptors (Lipinski definition) is 3. The predicted octanol–water partition coefficient (Wildman–Crippen LogP) is 0.884. The summed E-state index contributed by atoms with van der Waals surface area (Å²) in [7, 11) is 2.98. The van der Waals surface area contributed by atoms with Gasteiger partial charge in [-0.05, 0) is 4.31 Å². The van der Waals surface area contributed by atoms with E-state index in [9.17, 15) is 7.77 Å². The van der Waals surface area contributed by atoms with Gasteiger partial charge in [0.15, 0.2) is 0 Å². The molecule has 0 aliphatic carbocycles. The van der Waals surface area contributed by atoms with Crippen molar-refractivity contribution in [1.29, 1.82) is 0 Å². The number of halogens is 2. The Morgan fingerprint density at radius 1 is 1.08 bits per heavy atom. The highest BCUT2D eigenvalue weighted by molar-refractivity contribution is 7.84. The van der Waals surface area contributed by atoms with E-state index in [1.807, 2.05) is 0 Å². The second kappa shape index (κ2) is 7.72. The molecule has 0 aromatic carbocycles. The Bertz CT molecular complexity index is 99.5. The fourth-order valence-corrected chi connectivity index (χ4v) is 1.06. The molecule has 0 spiro atoms. The summed E-state index contributed by atoms with van der Waals surface area (Å²) in [6.07, 6.45) is 0. The Balaban J connectivity index is 3.55. The van der Waals surface area contributed by atoms with E-state index in [0.29, 0.717) is 13.2 Å². The Hall–Kier alpha value is 0.0900. The fourth-order valence-electron chi connectivity index (χ4n) is 0.636. The summed E-state index contributed by atoms with van der Waals surface area (Å²) in [4.78, 5) is 0. The van der Waals surface area contributed by atoms with Crippen molar-refractivity contribution in [2.75, 3.05) is 40.5 Å². The highest BCUT2D eigenvalue weighted by atomic mass is 32.3. The van der Waals surface area contributed by atoms with Gasteiger partial charge in [0.1, 0.15) is 0 Å². The van der Waals surface area contributed by atoms with Gasteiger partial charge in [0.2, 0.25) is 0 Å². The molecule has 12 heavy (non-hydrogen) atoms. The summed E-state index contributed by atoms with van der Waals surface area (Å²) in [6.45, 7) is 1.13. The Morgan fingerprint density at radius 3 is 1.75 bits per heavy atom. The summed E-state index contributed by atoms with van der Waals surface area (Å²) in [6, 6.07) is 0. The summed E-state index contributed by atoms with van der Waals surface area (Å²) < 4.78 is 34.8. The van der Waals surface area contributed by atoms with Crippen LogP contribution in [0.25, 0.3) is 0 Å². The van der Waals surface area contributed by atoms with Crippen LogP contribution < -0.4 is 0 Å². The van der Waals surface area contributed by atoms with E-state index in [1.54, 1.807) is 0 Å². The van der Waals surface area contributed by atoms with Crippen LogP contribution in [0.4, 0.5) is 7.77 Å². The van der Waals surface area contributed by atoms with Gasteiger partial charge in [-0.15, -0.1) is 0 Å². The van der Waals surface area contributed by atoms with Crippen LogP contribution in [0.2, 0.25) is 0 Å². The average molecular weight is 202 g/mol. The highest BCUT2D eigenvalue weighted by Gasteiger charge is 2.31. The van der Waals surface area contributed by atoms with Crippen molar-refractivity contribution < 1.29 is 17.2 Å². The quantitative estimate of drug-likeness (QED) is 0.572. The SMILES string of the molecule is COCCN(CCOC)[S+](F)F. The smallest absolute Gasteiger partial charge is 0.383 e. The topological polar surface area (TPSA) is 21.7 Å². The van der Waals surface area contributed by atoms with Crippen molar-refractivity contribution in [2.45, 2.75) is 0 Å². The van der Waals surface area contributed by atoms with E-state index < -0.39 is 11.9 Å². The molecule has 0 aliphatic rings.